The van der Waals surface area contributed by atoms with Gasteiger partial charge >= 0.3 is 0 Å². The van der Waals surface area contributed by atoms with Gasteiger partial charge in [-0.15, -0.1) is 0 Å². The molecule has 0 saturated carbocycles. The molecule has 2 rings (SSSR count). The second kappa shape index (κ2) is 5.78. The summed E-state index contributed by atoms with van der Waals surface area (Å²) in [7, 11) is 0. The fourth-order valence-corrected chi connectivity index (χ4v) is 2.03. The first-order valence-corrected chi connectivity index (χ1v) is 6.45. The van der Waals surface area contributed by atoms with E-state index in [1.807, 2.05) is 12.3 Å². The average Bonchev–Trinajstić information content (AvgIpc) is 2.39. The maximum Gasteiger partial charge on any atom is 0.0577 e. The molecule has 0 aliphatic heterocycles. The van der Waals surface area contributed by atoms with Gasteiger partial charge < -0.3 is 5.73 Å². The number of aryl methyl sites for hydroxylation is 2. The van der Waals surface area contributed by atoms with E-state index in [1.54, 1.807) is 0 Å². The molecule has 0 bridgehead atoms. The van der Waals surface area contributed by atoms with Gasteiger partial charge in [-0.25, -0.2) is 0 Å². The first kappa shape index (κ1) is 12.8. The highest BCUT2D eigenvalue weighted by Crippen LogP contribution is 2.15. The highest BCUT2D eigenvalue weighted by atomic mass is 14.8. The van der Waals surface area contributed by atoms with E-state index in [9.17, 15) is 0 Å². The molecule has 1 unspecified atom stereocenters. The molecule has 2 heteroatoms. The second-order valence-electron chi connectivity index (χ2n) is 4.74. The molecule has 1 aromatic heterocycles. The van der Waals surface area contributed by atoms with Crippen molar-refractivity contribution in [2.45, 2.75) is 32.7 Å². The molecule has 0 aliphatic carbocycles. The summed E-state index contributed by atoms with van der Waals surface area (Å²) in [6, 6.07) is 12.7. The number of rotatable bonds is 4. The lowest BCUT2D eigenvalue weighted by molar-refractivity contribution is 0.695. The summed E-state index contributed by atoms with van der Waals surface area (Å²) in [4.78, 5) is 4.34. The molecule has 0 aliphatic rings. The van der Waals surface area contributed by atoms with Crippen molar-refractivity contribution in [1.82, 2.24) is 4.98 Å². The van der Waals surface area contributed by atoms with E-state index in [0.717, 1.165) is 18.5 Å². The number of benzene rings is 1. The first-order valence-electron chi connectivity index (χ1n) is 6.45. The molecule has 18 heavy (non-hydrogen) atoms. The highest BCUT2D eigenvalue weighted by molar-refractivity contribution is 5.25. The van der Waals surface area contributed by atoms with Crippen LogP contribution in [0.4, 0.5) is 0 Å². The number of aromatic nitrogens is 1. The minimum atomic E-state index is -0.0302. The molecule has 2 aromatic rings. The summed E-state index contributed by atoms with van der Waals surface area (Å²) in [5.74, 6) is 0. The maximum absolute atomic E-state index is 6.20. The van der Waals surface area contributed by atoms with E-state index in [0.29, 0.717) is 0 Å². The van der Waals surface area contributed by atoms with Crippen molar-refractivity contribution in [3.05, 3.63) is 65.0 Å². The number of nitrogens with zero attached hydrogens (tertiary/aromatic N) is 1. The smallest absolute Gasteiger partial charge is 0.0577 e. The molecular weight excluding hydrogens is 220 g/mol. The van der Waals surface area contributed by atoms with Crippen LogP contribution in [0.15, 0.2) is 42.6 Å². The van der Waals surface area contributed by atoms with Crippen molar-refractivity contribution < 1.29 is 0 Å². The number of hydrogen-bond acceptors (Lipinski definition) is 2. The van der Waals surface area contributed by atoms with Gasteiger partial charge in [-0.05, 0) is 48.6 Å². The summed E-state index contributed by atoms with van der Waals surface area (Å²) < 4.78 is 0. The van der Waals surface area contributed by atoms with E-state index in [4.69, 9.17) is 5.73 Å². The maximum atomic E-state index is 6.20. The van der Waals surface area contributed by atoms with E-state index in [-0.39, 0.29) is 6.04 Å². The third-order valence-electron chi connectivity index (χ3n) is 3.20. The fourth-order valence-electron chi connectivity index (χ4n) is 2.03. The SMILES string of the molecule is CCc1ccc(CC(N)c2cc(C)ccn2)cc1. The Labute approximate surface area is 109 Å². The number of nitrogens with two attached hydrogens (primary N) is 1. The van der Waals surface area contributed by atoms with Gasteiger partial charge in [0.2, 0.25) is 0 Å². The molecule has 0 radical (unpaired) electrons. The minimum absolute atomic E-state index is 0.0302. The number of pyridine rings is 1. The van der Waals surface area contributed by atoms with Crippen LogP contribution >= 0.6 is 0 Å². The zero-order valence-electron chi connectivity index (χ0n) is 11.1. The van der Waals surface area contributed by atoms with Gasteiger partial charge in [0.1, 0.15) is 0 Å². The Morgan fingerprint density at radius 1 is 1.11 bits per heavy atom. The Hall–Kier alpha value is -1.67. The summed E-state index contributed by atoms with van der Waals surface area (Å²) >= 11 is 0. The molecular formula is C16H20N2. The fraction of sp³-hybridized carbons (Fsp3) is 0.312. The van der Waals surface area contributed by atoms with Gasteiger partial charge in [-0.1, -0.05) is 31.2 Å². The second-order valence-corrected chi connectivity index (χ2v) is 4.74. The van der Waals surface area contributed by atoms with Crippen molar-refractivity contribution >= 4 is 0 Å². The van der Waals surface area contributed by atoms with Crippen LogP contribution in [-0.4, -0.2) is 4.98 Å². The summed E-state index contributed by atoms with van der Waals surface area (Å²) in [6.07, 6.45) is 3.73. The molecule has 2 nitrogen and oxygen atoms in total. The average molecular weight is 240 g/mol. The Balaban J connectivity index is 2.08. The van der Waals surface area contributed by atoms with E-state index < -0.39 is 0 Å². The zero-order valence-corrected chi connectivity index (χ0v) is 11.1. The lowest BCUT2D eigenvalue weighted by Gasteiger charge is -2.12. The topological polar surface area (TPSA) is 38.9 Å². The van der Waals surface area contributed by atoms with Crippen molar-refractivity contribution in [3.63, 3.8) is 0 Å². The first-order chi connectivity index (χ1) is 8.69. The van der Waals surface area contributed by atoms with Crippen LogP contribution in [0, 0.1) is 6.92 Å². The summed E-state index contributed by atoms with van der Waals surface area (Å²) in [5.41, 5.74) is 11.0. The van der Waals surface area contributed by atoms with Crippen LogP contribution in [0.1, 0.15) is 35.3 Å². The molecule has 1 atom stereocenters. The predicted molar refractivity (Wildman–Crippen MR) is 75.4 cm³/mol. The molecule has 2 N–H and O–H groups in total. The molecule has 1 aromatic carbocycles. The third kappa shape index (κ3) is 3.17. The predicted octanol–water partition coefficient (Wildman–Crippen LogP) is 3.19. The van der Waals surface area contributed by atoms with Crippen LogP contribution in [0.5, 0.6) is 0 Å². The van der Waals surface area contributed by atoms with Crippen LogP contribution < -0.4 is 5.73 Å². The van der Waals surface area contributed by atoms with Gasteiger partial charge in [0, 0.05) is 6.20 Å². The van der Waals surface area contributed by atoms with Crippen molar-refractivity contribution in [2.75, 3.05) is 0 Å². The lowest BCUT2D eigenvalue weighted by atomic mass is 10.0. The molecule has 0 fully saturated rings. The monoisotopic (exact) mass is 240 g/mol. The van der Waals surface area contributed by atoms with Crippen LogP contribution in [0.3, 0.4) is 0 Å². The molecule has 0 amide bonds. The van der Waals surface area contributed by atoms with Crippen LogP contribution in [-0.2, 0) is 12.8 Å². The summed E-state index contributed by atoms with van der Waals surface area (Å²) in [5, 5.41) is 0. The highest BCUT2D eigenvalue weighted by Gasteiger charge is 2.08. The molecule has 94 valence electrons. The van der Waals surface area contributed by atoms with Crippen molar-refractivity contribution in [3.8, 4) is 0 Å². The van der Waals surface area contributed by atoms with E-state index >= 15 is 0 Å². The van der Waals surface area contributed by atoms with Gasteiger partial charge in [0.05, 0.1) is 11.7 Å². The van der Waals surface area contributed by atoms with Crippen LogP contribution in [0.2, 0.25) is 0 Å². The Bertz CT molecular complexity index is 503. The summed E-state index contributed by atoms with van der Waals surface area (Å²) in [6.45, 7) is 4.23. The molecule has 0 spiro atoms. The van der Waals surface area contributed by atoms with Crippen molar-refractivity contribution in [1.29, 1.82) is 0 Å². The zero-order chi connectivity index (χ0) is 13.0. The van der Waals surface area contributed by atoms with Crippen molar-refractivity contribution in [2.24, 2.45) is 5.73 Å². The van der Waals surface area contributed by atoms with Gasteiger partial charge in [0.15, 0.2) is 0 Å². The molecule has 1 heterocycles. The van der Waals surface area contributed by atoms with Gasteiger partial charge in [0.25, 0.3) is 0 Å². The Kier molecular flexibility index (Phi) is 4.11. The standard InChI is InChI=1S/C16H20N2/c1-3-13-4-6-14(7-5-13)11-15(17)16-10-12(2)8-9-18-16/h4-10,15H,3,11,17H2,1-2H3. The Morgan fingerprint density at radius 3 is 2.39 bits per heavy atom. The van der Waals surface area contributed by atoms with Crippen LogP contribution in [0.25, 0.3) is 0 Å². The van der Waals surface area contributed by atoms with Gasteiger partial charge in [-0.2, -0.15) is 0 Å². The van der Waals surface area contributed by atoms with E-state index in [2.05, 4.69) is 49.2 Å². The van der Waals surface area contributed by atoms with Gasteiger partial charge in [-0.3, -0.25) is 4.98 Å². The minimum Gasteiger partial charge on any atom is -0.322 e. The van der Waals surface area contributed by atoms with E-state index in [1.165, 1.54) is 16.7 Å². The lowest BCUT2D eigenvalue weighted by Crippen LogP contribution is -2.15. The third-order valence-corrected chi connectivity index (χ3v) is 3.20. The quantitative estimate of drug-likeness (QED) is 0.891. The largest absolute Gasteiger partial charge is 0.322 e. The Morgan fingerprint density at radius 2 is 1.78 bits per heavy atom. The molecule has 0 saturated heterocycles. The normalized spacial score (nSPS) is 12.4. The number of hydrogen-bond donors (Lipinski definition) is 1.